The van der Waals surface area contributed by atoms with Gasteiger partial charge in [-0.3, -0.25) is 0 Å². The summed E-state index contributed by atoms with van der Waals surface area (Å²) in [5, 5.41) is 8.78. The molecule has 9 heavy (non-hydrogen) atoms. The summed E-state index contributed by atoms with van der Waals surface area (Å²) in [7, 11) is 0. The molecule has 0 bridgehead atoms. The Morgan fingerprint density at radius 3 is 2.56 bits per heavy atom. The van der Waals surface area contributed by atoms with E-state index in [4.69, 9.17) is 9.84 Å². The Kier molecular flexibility index (Phi) is 1.78. The van der Waals surface area contributed by atoms with Gasteiger partial charge in [0.15, 0.2) is 0 Å². The van der Waals surface area contributed by atoms with Crippen molar-refractivity contribution in [2.24, 2.45) is 5.41 Å². The van der Waals surface area contributed by atoms with Crippen molar-refractivity contribution in [3.05, 3.63) is 0 Å². The molecular weight excluding hydrogens is 116 g/mol. The van der Waals surface area contributed by atoms with Crippen molar-refractivity contribution in [1.29, 1.82) is 0 Å². The third-order valence-corrected chi connectivity index (χ3v) is 2.10. The van der Waals surface area contributed by atoms with E-state index in [1.807, 2.05) is 0 Å². The van der Waals surface area contributed by atoms with Gasteiger partial charge in [-0.2, -0.15) is 0 Å². The molecule has 1 rings (SSSR count). The summed E-state index contributed by atoms with van der Waals surface area (Å²) in [6.07, 6.45) is 1.13. The zero-order chi connectivity index (χ0) is 6.91. The van der Waals surface area contributed by atoms with Crippen LogP contribution in [0.3, 0.4) is 0 Å². The molecule has 0 amide bonds. The minimum atomic E-state index is 0.0671. The summed E-state index contributed by atoms with van der Waals surface area (Å²) in [5.74, 6) is 0. The van der Waals surface area contributed by atoms with Crippen LogP contribution in [-0.2, 0) is 4.74 Å². The molecule has 0 aliphatic carbocycles. The van der Waals surface area contributed by atoms with Crippen LogP contribution in [-0.4, -0.2) is 24.4 Å². The van der Waals surface area contributed by atoms with E-state index in [1.165, 1.54) is 0 Å². The maximum absolute atomic E-state index is 8.78. The lowest BCUT2D eigenvalue weighted by molar-refractivity contribution is 0.0166. The van der Waals surface area contributed by atoms with Gasteiger partial charge in [0.1, 0.15) is 0 Å². The molecule has 0 saturated carbocycles. The summed E-state index contributed by atoms with van der Waals surface area (Å²) in [5.41, 5.74) is 0.189. The van der Waals surface area contributed by atoms with Gasteiger partial charge in [0.25, 0.3) is 0 Å². The molecule has 1 aliphatic heterocycles. The topological polar surface area (TPSA) is 29.5 Å². The third kappa shape index (κ3) is 1.25. The normalized spacial score (nSPS) is 33.0. The zero-order valence-electron chi connectivity index (χ0n) is 6.05. The van der Waals surface area contributed by atoms with Crippen molar-refractivity contribution in [2.45, 2.75) is 26.4 Å². The number of aliphatic hydroxyl groups is 1. The number of hydrogen-bond donors (Lipinski definition) is 1. The van der Waals surface area contributed by atoms with Gasteiger partial charge in [-0.25, -0.2) is 0 Å². The van der Waals surface area contributed by atoms with Gasteiger partial charge in [0, 0.05) is 6.61 Å². The molecule has 0 spiro atoms. The monoisotopic (exact) mass is 130 g/mol. The molecule has 0 radical (unpaired) electrons. The summed E-state index contributed by atoms with van der Waals surface area (Å²) in [4.78, 5) is 0. The van der Waals surface area contributed by atoms with Crippen molar-refractivity contribution in [1.82, 2.24) is 0 Å². The van der Waals surface area contributed by atoms with E-state index in [9.17, 15) is 0 Å². The van der Waals surface area contributed by atoms with E-state index >= 15 is 0 Å². The Bertz CT molecular complexity index is 99.1. The van der Waals surface area contributed by atoms with Gasteiger partial charge in [-0.15, -0.1) is 0 Å². The molecule has 1 saturated heterocycles. The SMILES string of the molecule is CC1(C)CCO[C@@H]1CO. The van der Waals surface area contributed by atoms with E-state index in [2.05, 4.69) is 13.8 Å². The van der Waals surface area contributed by atoms with Gasteiger partial charge in [-0.05, 0) is 11.8 Å². The molecule has 2 heteroatoms. The van der Waals surface area contributed by atoms with Crippen molar-refractivity contribution < 1.29 is 9.84 Å². The summed E-state index contributed by atoms with van der Waals surface area (Å²) >= 11 is 0. The lowest BCUT2D eigenvalue weighted by Gasteiger charge is -2.22. The highest BCUT2D eigenvalue weighted by atomic mass is 16.5. The van der Waals surface area contributed by atoms with Crippen molar-refractivity contribution in [2.75, 3.05) is 13.2 Å². The predicted octanol–water partition coefficient (Wildman–Crippen LogP) is 0.794. The Labute approximate surface area is 55.8 Å². The van der Waals surface area contributed by atoms with Crippen molar-refractivity contribution in [3.8, 4) is 0 Å². The fraction of sp³-hybridized carbons (Fsp3) is 1.00. The lowest BCUT2D eigenvalue weighted by Crippen LogP contribution is -2.27. The summed E-state index contributed by atoms with van der Waals surface area (Å²) in [6.45, 7) is 5.22. The Morgan fingerprint density at radius 2 is 2.33 bits per heavy atom. The van der Waals surface area contributed by atoms with Crippen LogP contribution in [0.25, 0.3) is 0 Å². The van der Waals surface area contributed by atoms with Gasteiger partial charge < -0.3 is 9.84 Å². The molecule has 1 aliphatic rings. The van der Waals surface area contributed by atoms with Crippen LogP contribution >= 0.6 is 0 Å². The van der Waals surface area contributed by atoms with Gasteiger partial charge >= 0.3 is 0 Å². The Balaban J connectivity index is 2.52. The minimum Gasteiger partial charge on any atom is -0.394 e. The molecular formula is C7H14O2. The van der Waals surface area contributed by atoms with Gasteiger partial charge in [0.05, 0.1) is 12.7 Å². The summed E-state index contributed by atoms with van der Waals surface area (Å²) < 4.78 is 5.27. The fourth-order valence-corrected chi connectivity index (χ4v) is 1.15. The maximum atomic E-state index is 8.78. The lowest BCUT2D eigenvalue weighted by atomic mass is 9.86. The molecule has 2 nitrogen and oxygen atoms in total. The number of hydrogen-bond acceptors (Lipinski definition) is 2. The van der Waals surface area contributed by atoms with Crippen LogP contribution in [0.2, 0.25) is 0 Å². The highest BCUT2D eigenvalue weighted by Gasteiger charge is 2.34. The molecule has 0 aromatic carbocycles. The van der Waals surface area contributed by atoms with Crippen LogP contribution < -0.4 is 0 Å². The second-order valence-corrected chi connectivity index (χ2v) is 3.28. The van der Waals surface area contributed by atoms with E-state index in [1.54, 1.807) is 0 Å². The quantitative estimate of drug-likeness (QED) is 0.568. The molecule has 1 heterocycles. The largest absolute Gasteiger partial charge is 0.394 e. The molecule has 1 atom stereocenters. The Hall–Kier alpha value is -0.0800. The number of aliphatic hydroxyl groups excluding tert-OH is 1. The Morgan fingerprint density at radius 1 is 1.67 bits per heavy atom. The van der Waals surface area contributed by atoms with Crippen LogP contribution in [0.15, 0.2) is 0 Å². The first kappa shape index (κ1) is 7.03. The molecule has 0 aromatic rings. The van der Waals surface area contributed by atoms with Crippen molar-refractivity contribution in [3.63, 3.8) is 0 Å². The number of ether oxygens (including phenoxy) is 1. The first-order valence-corrected chi connectivity index (χ1v) is 3.39. The highest BCUT2D eigenvalue weighted by molar-refractivity contribution is 4.83. The van der Waals surface area contributed by atoms with Gasteiger partial charge in [-0.1, -0.05) is 13.8 Å². The van der Waals surface area contributed by atoms with Crippen molar-refractivity contribution >= 4 is 0 Å². The zero-order valence-corrected chi connectivity index (χ0v) is 6.05. The first-order valence-electron chi connectivity index (χ1n) is 3.39. The maximum Gasteiger partial charge on any atom is 0.0857 e. The van der Waals surface area contributed by atoms with Crippen LogP contribution in [0.5, 0.6) is 0 Å². The highest BCUT2D eigenvalue weighted by Crippen LogP contribution is 2.32. The first-order chi connectivity index (χ1) is 4.17. The second kappa shape index (κ2) is 2.27. The fourth-order valence-electron chi connectivity index (χ4n) is 1.15. The third-order valence-electron chi connectivity index (χ3n) is 2.10. The molecule has 0 unspecified atom stereocenters. The summed E-state index contributed by atoms with van der Waals surface area (Å²) in [6, 6.07) is 0. The number of rotatable bonds is 1. The van der Waals surface area contributed by atoms with Gasteiger partial charge in [0.2, 0.25) is 0 Å². The second-order valence-electron chi connectivity index (χ2n) is 3.28. The van der Waals surface area contributed by atoms with Crippen LogP contribution in [0, 0.1) is 5.41 Å². The minimum absolute atomic E-state index is 0.0671. The smallest absolute Gasteiger partial charge is 0.0857 e. The van der Waals surface area contributed by atoms with Crippen LogP contribution in [0.4, 0.5) is 0 Å². The predicted molar refractivity (Wildman–Crippen MR) is 35.2 cm³/mol. The average Bonchev–Trinajstić information content (AvgIpc) is 2.08. The van der Waals surface area contributed by atoms with E-state index in [0.717, 1.165) is 13.0 Å². The average molecular weight is 130 g/mol. The molecule has 0 aromatic heterocycles. The van der Waals surface area contributed by atoms with E-state index in [-0.39, 0.29) is 18.1 Å². The van der Waals surface area contributed by atoms with E-state index < -0.39 is 0 Å². The standard InChI is InChI=1S/C7H14O2/c1-7(2)3-4-9-6(7)5-8/h6,8H,3-5H2,1-2H3/t6-/m1/s1. The molecule has 1 N–H and O–H groups in total. The molecule has 54 valence electrons. The molecule has 1 fully saturated rings. The van der Waals surface area contributed by atoms with E-state index in [0.29, 0.717) is 0 Å². The van der Waals surface area contributed by atoms with Crippen LogP contribution in [0.1, 0.15) is 20.3 Å².